The minimum atomic E-state index is -1.22. The topological polar surface area (TPSA) is 75.7 Å². The number of nitrogens with zero attached hydrogens (tertiary/aromatic N) is 1. The van der Waals surface area contributed by atoms with Crippen LogP contribution in [0, 0.1) is 5.92 Å². The van der Waals surface area contributed by atoms with E-state index in [0.717, 1.165) is 28.9 Å². The molecule has 2 atom stereocenters. The normalized spacial score (nSPS) is 18.9. The summed E-state index contributed by atoms with van der Waals surface area (Å²) < 4.78 is 5.53. The van der Waals surface area contributed by atoms with E-state index in [1.165, 1.54) is 0 Å². The highest BCUT2D eigenvalue weighted by Crippen LogP contribution is 2.35. The number of para-hydroxylation sites is 1. The van der Waals surface area contributed by atoms with Crippen LogP contribution in [0.4, 0.5) is 10.5 Å². The summed E-state index contributed by atoms with van der Waals surface area (Å²) >= 11 is 0. The number of amides is 2. The van der Waals surface area contributed by atoms with Crippen molar-refractivity contribution in [3.63, 3.8) is 0 Å². The lowest BCUT2D eigenvalue weighted by atomic mass is 9.94. The van der Waals surface area contributed by atoms with E-state index in [1.807, 2.05) is 60.7 Å². The van der Waals surface area contributed by atoms with Gasteiger partial charge in [0.15, 0.2) is 5.78 Å². The van der Waals surface area contributed by atoms with Gasteiger partial charge in [0.25, 0.3) is 5.91 Å². The highest BCUT2D eigenvalue weighted by Gasteiger charge is 2.51. The highest BCUT2D eigenvalue weighted by molar-refractivity contribution is 6.19. The lowest BCUT2D eigenvalue weighted by molar-refractivity contribution is -0.131. The van der Waals surface area contributed by atoms with Gasteiger partial charge >= 0.3 is 6.09 Å². The molecule has 1 saturated carbocycles. The van der Waals surface area contributed by atoms with Crippen LogP contribution in [-0.4, -0.2) is 29.9 Å². The maximum atomic E-state index is 13.4. The van der Waals surface area contributed by atoms with E-state index in [1.54, 1.807) is 30.3 Å². The first-order chi connectivity index (χ1) is 16.1. The molecule has 0 unspecified atom stereocenters. The first-order valence-corrected chi connectivity index (χ1v) is 11.1. The molecule has 2 aliphatic rings. The first-order valence-electron chi connectivity index (χ1n) is 11.1. The fraction of sp³-hybridized carbons (Fsp3) is 0.222. The molecular weight excluding hydrogens is 416 g/mol. The molecule has 3 aromatic rings. The Morgan fingerprint density at radius 3 is 1.85 bits per heavy atom. The van der Waals surface area contributed by atoms with Gasteiger partial charge in [-0.2, -0.15) is 0 Å². The van der Waals surface area contributed by atoms with Gasteiger partial charge in [-0.05, 0) is 36.1 Å². The minimum Gasteiger partial charge on any atom is -0.433 e. The van der Waals surface area contributed by atoms with Crippen molar-refractivity contribution in [1.82, 2.24) is 5.32 Å². The molecule has 2 amide bonds. The van der Waals surface area contributed by atoms with E-state index in [2.05, 4.69) is 5.32 Å². The molecular formula is C27H24N2O4. The van der Waals surface area contributed by atoms with E-state index < -0.39 is 24.1 Å². The van der Waals surface area contributed by atoms with Crippen molar-refractivity contribution in [2.24, 2.45) is 5.92 Å². The number of Topliss-reactive ketones (excluding diaryl/α,β-unsaturated/α-hetero) is 1. The molecule has 0 bridgehead atoms. The fourth-order valence-corrected chi connectivity index (χ4v) is 4.25. The lowest BCUT2D eigenvalue weighted by Crippen LogP contribution is -2.52. The summed E-state index contributed by atoms with van der Waals surface area (Å²) in [6.07, 6.45) is -0.408. The largest absolute Gasteiger partial charge is 0.433 e. The van der Waals surface area contributed by atoms with E-state index in [-0.39, 0.29) is 17.7 Å². The summed E-state index contributed by atoms with van der Waals surface area (Å²) in [6.45, 7) is 0. The maximum absolute atomic E-state index is 13.4. The van der Waals surface area contributed by atoms with Crippen molar-refractivity contribution in [2.45, 2.75) is 31.0 Å². The third kappa shape index (κ3) is 4.30. The molecule has 1 heterocycles. The van der Waals surface area contributed by atoms with Crippen LogP contribution in [0.1, 0.15) is 30.0 Å². The third-order valence-electron chi connectivity index (χ3n) is 6.09. The highest BCUT2D eigenvalue weighted by atomic mass is 16.6. The van der Waals surface area contributed by atoms with Crippen molar-refractivity contribution in [3.05, 3.63) is 102 Å². The molecule has 166 valence electrons. The summed E-state index contributed by atoms with van der Waals surface area (Å²) in [6, 6.07) is 26.8. The Hall–Kier alpha value is -3.77. The number of hydrogen-bond donors (Lipinski definition) is 1. The zero-order chi connectivity index (χ0) is 22.8. The number of carbonyl (C=O) groups is 3. The van der Waals surface area contributed by atoms with Crippen LogP contribution in [0.2, 0.25) is 0 Å². The van der Waals surface area contributed by atoms with Gasteiger partial charge < -0.3 is 4.74 Å². The Balaban J connectivity index is 1.50. The Bertz CT molecular complexity index is 1110. The summed E-state index contributed by atoms with van der Waals surface area (Å²) in [5.74, 6) is -0.738. The smallest absolute Gasteiger partial charge is 0.422 e. The van der Waals surface area contributed by atoms with Crippen molar-refractivity contribution in [2.75, 3.05) is 4.90 Å². The SMILES string of the molecule is O=C(C1CC1)[C@@H](NC(c1ccccc1)c1ccccc1)[C@@H]1OC(=O)N(c2ccccc2)C1=O. The molecule has 1 N–H and O–H groups in total. The number of benzene rings is 3. The zero-order valence-corrected chi connectivity index (χ0v) is 18.0. The quantitative estimate of drug-likeness (QED) is 0.566. The van der Waals surface area contributed by atoms with Crippen LogP contribution in [0.5, 0.6) is 0 Å². The molecule has 0 radical (unpaired) electrons. The summed E-state index contributed by atoms with van der Waals surface area (Å²) in [4.78, 5) is 40.4. The number of rotatable bonds is 8. The molecule has 3 aromatic carbocycles. The van der Waals surface area contributed by atoms with Crippen molar-refractivity contribution in [3.8, 4) is 0 Å². The van der Waals surface area contributed by atoms with Crippen LogP contribution in [0.25, 0.3) is 0 Å². The van der Waals surface area contributed by atoms with Crippen LogP contribution in [0.15, 0.2) is 91.0 Å². The second-order valence-electron chi connectivity index (χ2n) is 8.39. The average molecular weight is 440 g/mol. The molecule has 6 nitrogen and oxygen atoms in total. The second-order valence-corrected chi connectivity index (χ2v) is 8.39. The Morgan fingerprint density at radius 1 is 0.818 bits per heavy atom. The predicted molar refractivity (Wildman–Crippen MR) is 124 cm³/mol. The van der Waals surface area contributed by atoms with Crippen LogP contribution in [0.3, 0.4) is 0 Å². The molecule has 33 heavy (non-hydrogen) atoms. The predicted octanol–water partition coefficient (Wildman–Crippen LogP) is 4.27. The number of anilines is 1. The number of ether oxygens (including phenoxy) is 1. The molecule has 0 spiro atoms. The average Bonchev–Trinajstić information content (AvgIpc) is 3.66. The monoisotopic (exact) mass is 440 g/mol. The lowest BCUT2D eigenvalue weighted by Gasteiger charge is -2.28. The summed E-state index contributed by atoms with van der Waals surface area (Å²) in [5, 5.41) is 3.40. The molecule has 1 aliphatic carbocycles. The van der Waals surface area contributed by atoms with E-state index in [4.69, 9.17) is 4.74 Å². The number of nitrogens with one attached hydrogen (secondary N) is 1. The van der Waals surface area contributed by atoms with Gasteiger partial charge in [-0.1, -0.05) is 78.9 Å². The summed E-state index contributed by atoms with van der Waals surface area (Å²) in [5.41, 5.74) is 2.33. The van der Waals surface area contributed by atoms with Gasteiger partial charge in [-0.3, -0.25) is 14.9 Å². The Labute approximate surface area is 192 Å². The van der Waals surface area contributed by atoms with Gasteiger partial charge in [-0.25, -0.2) is 9.69 Å². The molecule has 1 aliphatic heterocycles. The van der Waals surface area contributed by atoms with E-state index in [9.17, 15) is 14.4 Å². The van der Waals surface area contributed by atoms with Crippen LogP contribution >= 0.6 is 0 Å². The summed E-state index contributed by atoms with van der Waals surface area (Å²) in [7, 11) is 0. The van der Waals surface area contributed by atoms with Gasteiger partial charge in [0.05, 0.1) is 11.7 Å². The van der Waals surface area contributed by atoms with Crippen molar-refractivity contribution >= 4 is 23.5 Å². The standard InChI is InChI=1S/C27H24N2O4/c30-24(20-16-17-20)23(25-26(31)29(27(32)33-25)21-14-8-3-9-15-21)28-22(18-10-4-1-5-11-18)19-12-6-2-7-13-19/h1-15,20,22-23,25,28H,16-17H2/t23-,25+/m1/s1. The Morgan fingerprint density at radius 2 is 1.33 bits per heavy atom. The van der Waals surface area contributed by atoms with Gasteiger partial charge in [0.2, 0.25) is 6.10 Å². The van der Waals surface area contributed by atoms with Crippen molar-refractivity contribution < 1.29 is 19.1 Å². The fourth-order valence-electron chi connectivity index (χ4n) is 4.25. The van der Waals surface area contributed by atoms with Crippen LogP contribution in [-0.2, 0) is 14.3 Å². The van der Waals surface area contributed by atoms with Gasteiger partial charge in [0, 0.05) is 5.92 Å². The first kappa shape index (κ1) is 21.1. The van der Waals surface area contributed by atoms with E-state index >= 15 is 0 Å². The number of cyclic esters (lactones) is 1. The Kier molecular flexibility index (Phi) is 5.75. The van der Waals surface area contributed by atoms with Crippen molar-refractivity contribution in [1.29, 1.82) is 0 Å². The number of carbonyl (C=O) groups excluding carboxylic acids is 3. The second kappa shape index (κ2) is 9.00. The minimum absolute atomic E-state index is 0.0899. The zero-order valence-electron chi connectivity index (χ0n) is 18.0. The van der Waals surface area contributed by atoms with E-state index in [0.29, 0.717) is 5.69 Å². The molecule has 2 fully saturated rings. The van der Waals surface area contributed by atoms with Gasteiger partial charge in [-0.15, -0.1) is 0 Å². The molecule has 1 saturated heterocycles. The maximum Gasteiger partial charge on any atom is 0.422 e. The third-order valence-corrected chi connectivity index (χ3v) is 6.09. The van der Waals surface area contributed by atoms with Gasteiger partial charge in [0.1, 0.15) is 6.04 Å². The number of imide groups is 1. The molecule has 6 heteroatoms. The molecule has 0 aromatic heterocycles. The van der Waals surface area contributed by atoms with Crippen LogP contribution < -0.4 is 10.2 Å². The molecule has 5 rings (SSSR count). The number of hydrogen-bond acceptors (Lipinski definition) is 5. The number of ketones is 1.